The molecule has 27 heavy (non-hydrogen) atoms. The molecule has 0 saturated carbocycles. The Bertz CT molecular complexity index is 519. The van der Waals surface area contributed by atoms with E-state index in [2.05, 4.69) is 40.8 Å². The summed E-state index contributed by atoms with van der Waals surface area (Å²) in [7, 11) is -2.00. The second kappa shape index (κ2) is 9.76. The summed E-state index contributed by atoms with van der Waals surface area (Å²) in [4.78, 5) is 23.4. The molecule has 6 nitrogen and oxygen atoms in total. The smallest absolute Gasteiger partial charge is 0.303 e. The van der Waals surface area contributed by atoms with Gasteiger partial charge in [-0.25, -0.2) is 0 Å². The molecule has 0 bridgehead atoms. The van der Waals surface area contributed by atoms with Crippen molar-refractivity contribution in [1.82, 2.24) is 0 Å². The second-order valence-corrected chi connectivity index (χ2v) is 14.8. The van der Waals surface area contributed by atoms with Crippen molar-refractivity contribution in [2.45, 2.75) is 90.3 Å². The van der Waals surface area contributed by atoms with E-state index in [1.807, 2.05) is 6.92 Å². The molecule has 0 aromatic heterocycles. The Balaban J connectivity index is 3.10. The van der Waals surface area contributed by atoms with E-state index in [4.69, 9.17) is 18.6 Å². The lowest BCUT2D eigenvalue weighted by molar-refractivity contribution is -0.214. The van der Waals surface area contributed by atoms with Crippen LogP contribution in [-0.4, -0.2) is 56.4 Å². The summed E-state index contributed by atoms with van der Waals surface area (Å²) >= 11 is 1.66. The van der Waals surface area contributed by atoms with Crippen molar-refractivity contribution < 1.29 is 28.2 Å². The van der Waals surface area contributed by atoms with Crippen LogP contribution in [0, 0.1) is 5.92 Å². The Morgan fingerprint density at radius 3 is 2.04 bits per heavy atom. The third-order valence-corrected chi connectivity index (χ3v) is 11.0. The van der Waals surface area contributed by atoms with Crippen LogP contribution in [0.1, 0.15) is 48.5 Å². The molecule has 0 aromatic carbocycles. The van der Waals surface area contributed by atoms with Crippen molar-refractivity contribution >= 4 is 32.0 Å². The molecular weight excluding hydrogens is 384 g/mol. The Hall–Kier alpha value is -0.573. The van der Waals surface area contributed by atoms with Gasteiger partial charge in [0.05, 0.1) is 6.61 Å². The van der Waals surface area contributed by atoms with E-state index in [-0.39, 0.29) is 16.4 Å². The first-order chi connectivity index (χ1) is 12.3. The van der Waals surface area contributed by atoms with E-state index in [1.54, 1.807) is 11.8 Å². The fourth-order valence-corrected chi connectivity index (χ4v) is 4.76. The standard InChI is InChI=1S/C19H36O6SSi/c1-10-26-18-12(2)16(23-13(3)20)17(24-14(4)21)15(25-18)11-22-27(8,9)19(5,6)7/h12,15-18H,10-11H2,1-9H3/t12-,15?,16+,17+,18?/m0/s1. The van der Waals surface area contributed by atoms with Crippen molar-refractivity contribution in [1.29, 1.82) is 0 Å². The van der Waals surface area contributed by atoms with E-state index < -0.39 is 38.6 Å². The topological polar surface area (TPSA) is 71.1 Å². The molecule has 0 N–H and O–H groups in total. The molecule has 1 fully saturated rings. The van der Waals surface area contributed by atoms with Gasteiger partial charge in [0.25, 0.3) is 0 Å². The molecule has 1 saturated heterocycles. The van der Waals surface area contributed by atoms with Crippen LogP contribution in [0.15, 0.2) is 0 Å². The van der Waals surface area contributed by atoms with Gasteiger partial charge in [-0.3, -0.25) is 9.59 Å². The molecule has 0 aliphatic carbocycles. The van der Waals surface area contributed by atoms with E-state index in [0.717, 1.165) is 5.75 Å². The lowest BCUT2D eigenvalue weighted by Crippen LogP contribution is -2.58. The minimum absolute atomic E-state index is 0.0543. The highest BCUT2D eigenvalue weighted by molar-refractivity contribution is 7.99. The number of hydrogen-bond acceptors (Lipinski definition) is 7. The maximum Gasteiger partial charge on any atom is 0.303 e. The molecular formula is C19H36O6SSi. The number of esters is 2. The third-order valence-electron chi connectivity index (χ3n) is 5.30. The number of thioether (sulfide) groups is 1. The van der Waals surface area contributed by atoms with Gasteiger partial charge in [-0.2, -0.15) is 0 Å². The van der Waals surface area contributed by atoms with Gasteiger partial charge in [0.15, 0.2) is 14.4 Å². The molecule has 1 aliphatic rings. The summed E-state index contributed by atoms with van der Waals surface area (Å²) in [5.74, 6) is -0.0510. The van der Waals surface area contributed by atoms with Gasteiger partial charge in [-0.15, -0.1) is 11.8 Å². The fourth-order valence-electron chi connectivity index (χ4n) is 2.74. The van der Waals surface area contributed by atoms with Gasteiger partial charge in [-0.1, -0.05) is 34.6 Å². The SMILES string of the molecule is CCSC1OC(CO[Si](C)(C)C(C)(C)C)[C@@H](OC(C)=O)[C@H](OC(C)=O)[C@@H]1C. The summed E-state index contributed by atoms with van der Waals surface area (Å²) in [6.07, 6.45) is -1.72. The highest BCUT2D eigenvalue weighted by Crippen LogP contribution is 2.39. The molecule has 0 radical (unpaired) electrons. The first-order valence-corrected chi connectivity index (χ1v) is 13.5. The molecule has 0 aromatic rings. The van der Waals surface area contributed by atoms with Gasteiger partial charge in [0.2, 0.25) is 0 Å². The van der Waals surface area contributed by atoms with Crippen molar-refractivity contribution in [2.24, 2.45) is 5.92 Å². The van der Waals surface area contributed by atoms with Gasteiger partial charge in [0, 0.05) is 19.8 Å². The molecule has 1 heterocycles. The molecule has 0 amide bonds. The number of carbonyl (C=O) groups excluding carboxylic acids is 2. The Morgan fingerprint density at radius 2 is 1.59 bits per heavy atom. The van der Waals surface area contributed by atoms with Crippen LogP contribution in [0.2, 0.25) is 18.1 Å². The van der Waals surface area contributed by atoms with Crippen LogP contribution in [0.4, 0.5) is 0 Å². The zero-order valence-electron chi connectivity index (χ0n) is 18.2. The van der Waals surface area contributed by atoms with Crippen LogP contribution in [0.3, 0.4) is 0 Å². The lowest BCUT2D eigenvalue weighted by Gasteiger charge is -2.45. The highest BCUT2D eigenvalue weighted by atomic mass is 32.2. The number of hydrogen-bond donors (Lipinski definition) is 0. The average molecular weight is 421 g/mol. The van der Waals surface area contributed by atoms with Crippen LogP contribution in [0.25, 0.3) is 0 Å². The van der Waals surface area contributed by atoms with Crippen molar-refractivity contribution in [2.75, 3.05) is 12.4 Å². The molecule has 1 rings (SSSR count). The van der Waals surface area contributed by atoms with E-state index in [0.29, 0.717) is 6.61 Å². The largest absolute Gasteiger partial charge is 0.458 e. The zero-order chi connectivity index (χ0) is 21.0. The molecule has 1 aliphatic heterocycles. The first kappa shape index (κ1) is 24.5. The molecule has 158 valence electrons. The van der Waals surface area contributed by atoms with Crippen molar-refractivity contribution in [3.8, 4) is 0 Å². The minimum Gasteiger partial charge on any atom is -0.458 e. The normalized spacial score (nSPS) is 29.3. The third kappa shape index (κ3) is 6.76. The van der Waals surface area contributed by atoms with Crippen LogP contribution in [0.5, 0.6) is 0 Å². The Kier molecular flexibility index (Phi) is 8.84. The fraction of sp³-hybridized carbons (Fsp3) is 0.895. The second-order valence-electron chi connectivity index (χ2n) is 8.58. The molecule has 5 atom stereocenters. The summed E-state index contributed by atoms with van der Waals surface area (Å²) in [6, 6.07) is 0. The molecule has 8 heteroatoms. The summed E-state index contributed by atoms with van der Waals surface area (Å²) in [5.41, 5.74) is -0.154. The predicted octanol–water partition coefficient (Wildman–Crippen LogP) is 3.99. The van der Waals surface area contributed by atoms with Crippen LogP contribution >= 0.6 is 11.8 Å². The summed E-state index contributed by atoms with van der Waals surface area (Å²) in [6.45, 7) is 17.9. The van der Waals surface area contributed by atoms with Crippen molar-refractivity contribution in [3.05, 3.63) is 0 Å². The quantitative estimate of drug-likeness (QED) is 0.455. The van der Waals surface area contributed by atoms with Gasteiger partial charge in [-0.05, 0) is 23.9 Å². The average Bonchev–Trinajstić information content (AvgIpc) is 2.50. The zero-order valence-corrected chi connectivity index (χ0v) is 20.0. The monoisotopic (exact) mass is 420 g/mol. The van der Waals surface area contributed by atoms with Crippen molar-refractivity contribution in [3.63, 3.8) is 0 Å². The number of ether oxygens (including phenoxy) is 3. The van der Waals surface area contributed by atoms with Crippen LogP contribution in [-0.2, 0) is 28.2 Å². The van der Waals surface area contributed by atoms with E-state index in [1.165, 1.54) is 13.8 Å². The minimum atomic E-state index is -2.00. The highest BCUT2D eigenvalue weighted by Gasteiger charge is 2.49. The van der Waals surface area contributed by atoms with Crippen LogP contribution < -0.4 is 0 Å². The van der Waals surface area contributed by atoms with Gasteiger partial charge < -0.3 is 18.6 Å². The van der Waals surface area contributed by atoms with Gasteiger partial charge in [0.1, 0.15) is 17.6 Å². The maximum absolute atomic E-state index is 11.7. The molecule has 0 spiro atoms. The Labute approximate surface area is 169 Å². The molecule has 2 unspecified atom stereocenters. The lowest BCUT2D eigenvalue weighted by atomic mass is 9.93. The maximum atomic E-state index is 11.7. The first-order valence-electron chi connectivity index (χ1n) is 9.55. The van der Waals surface area contributed by atoms with Gasteiger partial charge >= 0.3 is 11.9 Å². The number of carbonyl (C=O) groups is 2. The summed E-state index contributed by atoms with van der Waals surface area (Å²) in [5, 5.41) is 0.0543. The van der Waals surface area contributed by atoms with E-state index >= 15 is 0 Å². The Morgan fingerprint density at radius 1 is 1.07 bits per heavy atom. The summed E-state index contributed by atoms with van der Waals surface area (Å²) < 4.78 is 23.7. The number of rotatable bonds is 7. The predicted molar refractivity (Wildman–Crippen MR) is 110 cm³/mol. The van der Waals surface area contributed by atoms with E-state index in [9.17, 15) is 9.59 Å².